The van der Waals surface area contributed by atoms with Crippen LogP contribution >= 0.6 is 0 Å². The molecule has 110 valence electrons. The normalized spacial score (nSPS) is 53.2. The maximum atomic E-state index is 10.3. The van der Waals surface area contributed by atoms with Gasteiger partial charge in [-0.1, -0.05) is 0 Å². The van der Waals surface area contributed by atoms with Gasteiger partial charge in [0.1, 0.15) is 24.4 Å². The summed E-state index contributed by atoms with van der Waals surface area (Å²) >= 11 is 0. The average Bonchev–Trinajstić information content (AvgIpc) is 2.70. The Morgan fingerprint density at radius 3 is 2.47 bits per heavy atom. The summed E-state index contributed by atoms with van der Waals surface area (Å²) in [5.74, 6) is -1.90. The number of hydrogen-bond donors (Lipinski definition) is 2. The Hall–Kier alpha value is -0.240. The lowest BCUT2D eigenvalue weighted by atomic mass is 9.90. The quantitative estimate of drug-likeness (QED) is 0.655. The number of aliphatic hydroxyl groups excluding tert-OH is 2. The van der Waals surface area contributed by atoms with E-state index in [1.807, 2.05) is 6.92 Å². The fourth-order valence-electron chi connectivity index (χ4n) is 3.14. The van der Waals surface area contributed by atoms with Gasteiger partial charge in [-0.15, -0.1) is 0 Å². The Kier molecular flexibility index (Phi) is 3.16. The Labute approximate surface area is 112 Å². The summed E-state index contributed by atoms with van der Waals surface area (Å²) in [6.45, 7) is 5.81. The fourth-order valence-corrected chi connectivity index (χ4v) is 3.14. The second-order valence-corrected chi connectivity index (χ2v) is 6.16. The van der Waals surface area contributed by atoms with Crippen molar-refractivity contribution in [3.05, 3.63) is 0 Å². The highest BCUT2D eigenvalue weighted by Gasteiger charge is 2.59. The van der Waals surface area contributed by atoms with Gasteiger partial charge < -0.3 is 29.2 Å². The Morgan fingerprint density at radius 2 is 1.84 bits per heavy atom. The van der Waals surface area contributed by atoms with E-state index in [1.165, 1.54) is 0 Å². The Balaban J connectivity index is 1.82. The summed E-state index contributed by atoms with van der Waals surface area (Å²) < 4.78 is 22.9. The van der Waals surface area contributed by atoms with Gasteiger partial charge in [0.15, 0.2) is 11.6 Å². The smallest absolute Gasteiger partial charge is 0.197 e. The molecule has 1 spiro atoms. The summed E-state index contributed by atoms with van der Waals surface area (Å²) in [4.78, 5) is 0. The summed E-state index contributed by atoms with van der Waals surface area (Å²) in [7, 11) is 0. The predicted molar refractivity (Wildman–Crippen MR) is 64.3 cm³/mol. The van der Waals surface area contributed by atoms with Gasteiger partial charge in [-0.3, -0.25) is 0 Å². The van der Waals surface area contributed by atoms with Crippen molar-refractivity contribution in [3.8, 4) is 0 Å². The molecule has 0 bridgehead atoms. The third kappa shape index (κ3) is 2.20. The van der Waals surface area contributed by atoms with Crippen LogP contribution in [-0.4, -0.2) is 58.9 Å². The van der Waals surface area contributed by atoms with Gasteiger partial charge in [0.05, 0.1) is 12.7 Å². The van der Waals surface area contributed by atoms with E-state index in [9.17, 15) is 10.2 Å². The van der Waals surface area contributed by atoms with Gasteiger partial charge in [0.2, 0.25) is 0 Å². The first-order chi connectivity index (χ1) is 8.83. The minimum Gasteiger partial charge on any atom is -0.387 e. The first kappa shape index (κ1) is 13.7. The lowest BCUT2D eigenvalue weighted by Crippen LogP contribution is -2.68. The van der Waals surface area contributed by atoms with Gasteiger partial charge in [0.25, 0.3) is 0 Å². The maximum absolute atomic E-state index is 10.3. The number of hydrogen-bond acceptors (Lipinski definition) is 6. The van der Waals surface area contributed by atoms with Crippen LogP contribution in [0.3, 0.4) is 0 Å². The van der Waals surface area contributed by atoms with Crippen LogP contribution in [0.1, 0.15) is 33.6 Å². The van der Waals surface area contributed by atoms with E-state index in [4.69, 9.17) is 18.9 Å². The third-order valence-electron chi connectivity index (χ3n) is 4.14. The van der Waals surface area contributed by atoms with Crippen molar-refractivity contribution in [3.63, 3.8) is 0 Å². The second-order valence-electron chi connectivity index (χ2n) is 6.16. The van der Waals surface area contributed by atoms with Crippen LogP contribution in [0.2, 0.25) is 0 Å². The molecule has 2 N–H and O–H groups in total. The maximum Gasteiger partial charge on any atom is 0.197 e. The summed E-state index contributed by atoms with van der Waals surface area (Å²) in [5, 5.41) is 20.7. The zero-order valence-corrected chi connectivity index (χ0v) is 11.5. The van der Waals surface area contributed by atoms with Gasteiger partial charge in [-0.2, -0.15) is 0 Å². The topological polar surface area (TPSA) is 77.4 Å². The van der Waals surface area contributed by atoms with Crippen molar-refractivity contribution >= 4 is 0 Å². The van der Waals surface area contributed by atoms with Crippen LogP contribution < -0.4 is 0 Å². The number of ether oxygens (including phenoxy) is 4. The Morgan fingerprint density at radius 1 is 1.11 bits per heavy atom. The highest BCUT2D eigenvalue weighted by Crippen LogP contribution is 2.43. The van der Waals surface area contributed by atoms with E-state index in [0.29, 0.717) is 13.0 Å². The van der Waals surface area contributed by atoms with Crippen LogP contribution in [0.25, 0.3) is 0 Å². The highest BCUT2D eigenvalue weighted by atomic mass is 16.8. The number of rotatable bonds is 0. The molecule has 6 nitrogen and oxygen atoms in total. The molecule has 0 aromatic carbocycles. The molecule has 0 radical (unpaired) electrons. The first-order valence-electron chi connectivity index (χ1n) is 6.86. The molecule has 0 amide bonds. The summed E-state index contributed by atoms with van der Waals surface area (Å²) in [5.41, 5.74) is 0. The Bertz CT molecular complexity index is 357. The van der Waals surface area contributed by atoms with Gasteiger partial charge >= 0.3 is 0 Å². The van der Waals surface area contributed by atoms with Crippen molar-refractivity contribution in [1.29, 1.82) is 0 Å². The van der Waals surface area contributed by atoms with Crippen LogP contribution in [0, 0.1) is 0 Å². The lowest BCUT2D eigenvalue weighted by Gasteiger charge is -2.52. The SMILES string of the molecule is C[C@@H]1CCC2(O1)O[C@@H]1COC(C)(C)O[C@H]1[C@H](O)[C@H]2O. The van der Waals surface area contributed by atoms with Crippen LogP contribution in [0.15, 0.2) is 0 Å². The third-order valence-corrected chi connectivity index (χ3v) is 4.14. The average molecular weight is 274 g/mol. The van der Waals surface area contributed by atoms with E-state index < -0.39 is 36.0 Å². The molecular formula is C13H22O6. The molecule has 0 aromatic rings. The van der Waals surface area contributed by atoms with Crippen LogP contribution in [-0.2, 0) is 18.9 Å². The van der Waals surface area contributed by atoms with E-state index in [0.717, 1.165) is 6.42 Å². The number of fused-ring (bicyclic) bond motifs is 1. The predicted octanol–water partition coefficient (Wildman–Crippen LogP) is 0.154. The van der Waals surface area contributed by atoms with Crippen molar-refractivity contribution < 1.29 is 29.2 Å². The standard InChI is InChI=1S/C13H22O6/c1-7-4-5-13(17-7)11(15)9(14)10-8(18-13)6-16-12(2,3)19-10/h7-11,14-15H,4-6H2,1-3H3/t7-,8-,9+,10-,11-,13?/m1/s1. The monoisotopic (exact) mass is 274 g/mol. The van der Waals surface area contributed by atoms with Gasteiger partial charge in [0, 0.05) is 6.42 Å². The van der Waals surface area contributed by atoms with E-state index in [-0.39, 0.29) is 6.10 Å². The zero-order chi connectivity index (χ0) is 13.8. The molecule has 3 rings (SSSR count). The molecule has 6 heteroatoms. The number of aliphatic hydroxyl groups is 2. The molecule has 3 fully saturated rings. The molecule has 3 saturated heterocycles. The van der Waals surface area contributed by atoms with Crippen molar-refractivity contribution in [2.45, 2.75) is 75.7 Å². The molecule has 0 saturated carbocycles. The van der Waals surface area contributed by atoms with Gasteiger partial charge in [-0.05, 0) is 27.2 Å². The molecule has 6 atom stereocenters. The molecule has 19 heavy (non-hydrogen) atoms. The van der Waals surface area contributed by atoms with Crippen molar-refractivity contribution in [2.24, 2.45) is 0 Å². The molecule has 3 heterocycles. The van der Waals surface area contributed by atoms with E-state index >= 15 is 0 Å². The molecule has 1 unspecified atom stereocenters. The summed E-state index contributed by atoms with van der Waals surface area (Å²) in [6, 6.07) is 0. The second kappa shape index (κ2) is 4.38. The molecular weight excluding hydrogens is 252 g/mol. The van der Waals surface area contributed by atoms with Crippen molar-refractivity contribution in [2.75, 3.05) is 6.61 Å². The molecule has 0 aliphatic carbocycles. The minimum atomic E-state index is -1.12. The van der Waals surface area contributed by atoms with E-state index in [1.54, 1.807) is 13.8 Å². The first-order valence-corrected chi connectivity index (χ1v) is 6.86. The van der Waals surface area contributed by atoms with Crippen LogP contribution in [0.5, 0.6) is 0 Å². The molecule has 0 aromatic heterocycles. The molecule has 3 aliphatic heterocycles. The summed E-state index contributed by atoms with van der Waals surface area (Å²) in [6.07, 6.45) is -1.77. The zero-order valence-electron chi connectivity index (χ0n) is 11.5. The van der Waals surface area contributed by atoms with Gasteiger partial charge in [-0.25, -0.2) is 0 Å². The highest BCUT2D eigenvalue weighted by molar-refractivity contribution is 5.01. The van der Waals surface area contributed by atoms with Crippen LogP contribution in [0.4, 0.5) is 0 Å². The van der Waals surface area contributed by atoms with Crippen molar-refractivity contribution in [1.82, 2.24) is 0 Å². The lowest BCUT2D eigenvalue weighted by molar-refractivity contribution is -0.411. The molecule has 3 aliphatic rings. The largest absolute Gasteiger partial charge is 0.387 e. The van der Waals surface area contributed by atoms with E-state index in [2.05, 4.69) is 0 Å². The fraction of sp³-hybridized carbons (Fsp3) is 1.00. The minimum absolute atomic E-state index is 0.0141.